The van der Waals surface area contributed by atoms with Crippen molar-refractivity contribution in [3.8, 4) is 5.75 Å². The summed E-state index contributed by atoms with van der Waals surface area (Å²) in [4.78, 5) is 102. The minimum Gasteiger partial charge on any atom is -0.418 e. The molecule has 28 nitrogen and oxygen atoms in total. The zero-order valence-corrected chi connectivity index (χ0v) is 39.4. The molecule has 0 bridgehead atoms. The number of hydrogen-bond donors (Lipinski definition) is 14. The van der Waals surface area contributed by atoms with E-state index in [2.05, 4.69) is 31.3 Å². The van der Waals surface area contributed by atoms with Crippen LogP contribution in [0.3, 0.4) is 0 Å². The third kappa shape index (κ3) is 15.4. The Balaban J connectivity index is 1.74. The monoisotopic (exact) mass is 1080 g/mol. The van der Waals surface area contributed by atoms with Crippen LogP contribution in [0, 0.1) is 29.1 Å². The van der Waals surface area contributed by atoms with Crippen molar-refractivity contribution in [3.63, 3.8) is 0 Å². The highest BCUT2D eigenvalue weighted by molar-refractivity contribution is 5.94. The summed E-state index contributed by atoms with van der Waals surface area (Å²) in [5, 5.41) is 87.4. The van der Waals surface area contributed by atoms with Gasteiger partial charge in [-0.05, 0) is 13.3 Å². The topological polar surface area (TPSA) is 432 Å². The highest BCUT2D eigenvalue weighted by atomic mass is 19.2. The second-order valence-electron chi connectivity index (χ2n) is 17.0. The van der Waals surface area contributed by atoms with E-state index >= 15 is 0 Å². The Bertz CT molecular complexity index is 2210. The number of aliphatic hydroxyl groups excluding tert-OH is 7. The molecule has 0 aromatic heterocycles. The van der Waals surface area contributed by atoms with Gasteiger partial charge in [0.05, 0.1) is 32.3 Å². The first-order valence-electron chi connectivity index (χ1n) is 22.2. The van der Waals surface area contributed by atoms with Crippen LogP contribution in [0.5, 0.6) is 5.75 Å². The normalized spacial score (nSPS) is 30.7. The minimum atomic E-state index is -2.67. The highest BCUT2D eigenvalue weighted by Crippen LogP contribution is 2.32. The molecule has 0 radical (unpaired) electrons. The number of amides is 7. The van der Waals surface area contributed by atoms with E-state index < -0.39 is 225 Å². The van der Waals surface area contributed by atoms with Gasteiger partial charge in [0.15, 0.2) is 18.8 Å². The molecule has 1 aromatic rings. The van der Waals surface area contributed by atoms with Gasteiger partial charge in [-0.3, -0.25) is 33.6 Å². The average molecular weight is 1080 g/mol. The van der Waals surface area contributed by atoms with Crippen molar-refractivity contribution in [2.75, 3.05) is 19.8 Å². The molecule has 0 unspecified atom stereocenters. The van der Waals surface area contributed by atoms with Gasteiger partial charge >= 0.3 is 5.97 Å². The van der Waals surface area contributed by atoms with Crippen LogP contribution in [-0.2, 0) is 62.0 Å². The van der Waals surface area contributed by atoms with Crippen molar-refractivity contribution in [1.82, 2.24) is 31.9 Å². The Morgan fingerprint density at radius 2 is 1.24 bits per heavy atom. The summed E-state index contributed by atoms with van der Waals surface area (Å²) >= 11 is 0. The maximum absolute atomic E-state index is 14.8. The van der Waals surface area contributed by atoms with Gasteiger partial charge < -0.3 is 102 Å². The van der Waals surface area contributed by atoms with Crippen LogP contribution in [0.4, 0.5) is 22.0 Å². The molecule has 4 rings (SSSR count). The molecule has 7 amide bonds. The Morgan fingerprint density at radius 3 is 1.81 bits per heavy atom. The van der Waals surface area contributed by atoms with Gasteiger partial charge in [-0.15, -0.1) is 0 Å². The Morgan fingerprint density at radius 1 is 0.649 bits per heavy atom. The number of carbonyl (C=O) groups is 8. The number of benzene rings is 1. The number of ether oxygens (including phenoxy) is 6. The van der Waals surface area contributed by atoms with Gasteiger partial charge in [0.1, 0.15) is 79.1 Å². The number of esters is 1. The zero-order valence-electron chi connectivity index (χ0n) is 39.4. The second kappa shape index (κ2) is 26.6. The quantitative estimate of drug-likeness (QED) is 0.0179. The molecule has 33 heteroatoms. The predicted molar refractivity (Wildman–Crippen MR) is 226 cm³/mol. The van der Waals surface area contributed by atoms with E-state index in [1.807, 2.05) is 5.32 Å². The molecule has 0 aliphatic carbocycles. The van der Waals surface area contributed by atoms with Crippen LogP contribution in [0.2, 0.25) is 0 Å². The molecular formula is C41H56F5N7O21. The molecule has 17 atom stereocenters. The van der Waals surface area contributed by atoms with Gasteiger partial charge in [-0.25, -0.2) is 18.0 Å². The van der Waals surface area contributed by atoms with Crippen LogP contribution >= 0.6 is 0 Å². The molecule has 3 fully saturated rings. The molecule has 3 heterocycles. The Labute approximate surface area is 414 Å². The van der Waals surface area contributed by atoms with Crippen molar-refractivity contribution in [2.24, 2.45) is 5.73 Å². The number of rotatable bonds is 21. The van der Waals surface area contributed by atoms with Gasteiger partial charge in [0.2, 0.25) is 76.2 Å². The Hall–Kier alpha value is -5.85. The number of aliphatic hydroxyl groups is 7. The fourth-order valence-corrected chi connectivity index (χ4v) is 7.58. The smallest absolute Gasteiger partial charge is 0.334 e. The van der Waals surface area contributed by atoms with E-state index in [-0.39, 0.29) is 0 Å². The molecule has 3 saturated heterocycles. The number of primary amides is 1. The fourth-order valence-electron chi connectivity index (χ4n) is 7.58. The lowest BCUT2D eigenvalue weighted by atomic mass is 9.93. The summed E-state index contributed by atoms with van der Waals surface area (Å²) in [6.45, 7) is 1.56. The predicted octanol–water partition coefficient (Wildman–Crippen LogP) is -7.07. The second-order valence-corrected chi connectivity index (χ2v) is 17.0. The maximum Gasteiger partial charge on any atom is 0.334 e. The largest absolute Gasteiger partial charge is 0.418 e. The highest BCUT2D eigenvalue weighted by Gasteiger charge is 2.53. The summed E-state index contributed by atoms with van der Waals surface area (Å²) in [5.41, 5.74) is 5.18. The van der Waals surface area contributed by atoms with E-state index in [4.69, 9.17) is 29.4 Å². The molecule has 416 valence electrons. The standard InChI is InChI=1S/C41H56F5N7O21/c1-11-29(61)33(65)34(66)41(70-11)69-10-18-35(74-40-28(50-14(4)57)31(63)30(62)17(9-54)72-40)32(64)27(49-13(3)56)38(71-18)53-20(59)7-16(39(68)73-36-25(45)23(43)22(42)24(44)26(36)46)52-37(67)15(5-6-19(47)58)51-21(60)8-48-12(2)55/h11,15-18,27-35,38,40-41,54,61-66H,5-10H2,1-4H3,(H2,47,58)(H,48,55)(H,49,56)(H,50,57)(H,51,60)(H,52,67)(H,53,59)/t11-,15-,16-,17+,18+,27+,28+,29+,30+,31+,32+,33+,34-,35+,38+,40-,41+/m0/s1. The summed E-state index contributed by atoms with van der Waals surface area (Å²) < 4.78 is 105. The number of nitrogens with one attached hydrogen (secondary N) is 6. The van der Waals surface area contributed by atoms with Crippen LogP contribution in [-0.4, -0.2) is 207 Å². The number of carbonyl (C=O) groups excluding carboxylic acids is 8. The van der Waals surface area contributed by atoms with E-state index in [9.17, 15) is 96.1 Å². The molecule has 15 N–H and O–H groups in total. The van der Waals surface area contributed by atoms with E-state index in [1.54, 1.807) is 0 Å². The maximum atomic E-state index is 14.8. The van der Waals surface area contributed by atoms with Crippen LogP contribution < -0.4 is 42.4 Å². The van der Waals surface area contributed by atoms with Gasteiger partial charge in [-0.2, -0.15) is 8.78 Å². The lowest BCUT2D eigenvalue weighted by molar-refractivity contribution is -0.329. The summed E-state index contributed by atoms with van der Waals surface area (Å²) in [5.74, 6) is -25.2. The number of nitrogens with two attached hydrogens (primary N) is 1. The van der Waals surface area contributed by atoms with Crippen molar-refractivity contribution in [3.05, 3.63) is 29.1 Å². The molecule has 0 spiro atoms. The van der Waals surface area contributed by atoms with Crippen molar-refractivity contribution in [1.29, 1.82) is 0 Å². The van der Waals surface area contributed by atoms with Crippen LogP contribution in [0.25, 0.3) is 0 Å². The lowest BCUT2D eigenvalue weighted by Gasteiger charge is -2.49. The van der Waals surface area contributed by atoms with Gasteiger partial charge in [0.25, 0.3) is 0 Å². The first-order chi connectivity index (χ1) is 34.6. The molecule has 1 aromatic carbocycles. The van der Waals surface area contributed by atoms with E-state index in [1.165, 1.54) is 6.92 Å². The number of hydrogen-bond acceptors (Lipinski definition) is 21. The third-order valence-corrected chi connectivity index (χ3v) is 11.4. The molecule has 3 aliphatic heterocycles. The van der Waals surface area contributed by atoms with Crippen LogP contribution in [0.1, 0.15) is 47.0 Å². The third-order valence-electron chi connectivity index (χ3n) is 11.4. The zero-order chi connectivity index (χ0) is 55.6. The SMILES string of the molecule is CC(=O)NCC(=O)N[C@@H](CCC(N)=O)C(=O)N[C@@H](CC(=O)N[C@@H]1O[C@H](CO[C@@H]2O[C@@H](C)[C@@H](O)[C@@H](O)[C@@H]2O)[C@@H](O[C@@H]2O[C@H](CO)[C@@H](O)[C@H](O)[C@H]2NC(C)=O)[C@H](O)[C@H]1NC(C)=O)C(=O)Oc1c(F)c(F)c(F)c(F)c1F. The lowest BCUT2D eigenvalue weighted by Crippen LogP contribution is -2.71. The molecule has 74 heavy (non-hydrogen) atoms. The molecular weight excluding hydrogens is 1020 g/mol. The van der Waals surface area contributed by atoms with Gasteiger partial charge in [0, 0.05) is 27.2 Å². The summed E-state index contributed by atoms with van der Waals surface area (Å²) in [7, 11) is 0. The molecule has 3 aliphatic rings. The summed E-state index contributed by atoms with van der Waals surface area (Å²) in [6.07, 6.45) is -26.6. The minimum absolute atomic E-state index is 0.654. The van der Waals surface area contributed by atoms with E-state index in [0.717, 1.165) is 20.8 Å². The number of halogens is 5. The van der Waals surface area contributed by atoms with Gasteiger partial charge in [-0.1, -0.05) is 0 Å². The fraction of sp³-hybridized carbons (Fsp3) is 0.659. The van der Waals surface area contributed by atoms with Crippen molar-refractivity contribution < 1.29 is 124 Å². The molecule has 0 saturated carbocycles. The summed E-state index contributed by atoms with van der Waals surface area (Å²) in [6, 6.07) is -8.06. The first-order valence-corrected chi connectivity index (χ1v) is 22.2. The van der Waals surface area contributed by atoms with Crippen molar-refractivity contribution in [2.45, 2.75) is 151 Å². The average Bonchev–Trinajstić information content (AvgIpc) is 3.33. The van der Waals surface area contributed by atoms with E-state index in [0.29, 0.717) is 0 Å². The van der Waals surface area contributed by atoms with Crippen LogP contribution in [0.15, 0.2) is 0 Å². The van der Waals surface area contributed by atoms with Crippen molar-refractivity contribution >= 4 is 47.3 Å². The Kier molecular flexibility index (Phi) is 21.8. The first kappa shape index (κ1) is 60.7.